The lowest BCUT2D eigenvalue weighted by Crippen LogP contribution is -2.21. The van der Waals surface area contributed by atoms with Crippen LogP contribution in [0.5, 0.6) is 0 Å². The van der Waals surface area contributed by atoms with Crippen molar-refractivity contribution in [2.45, 2.75) is 46.1 Å². The average molecular weight is 444 g/mol. The van der Waals surface area contributed by atoms with E-state index in [1.807, 2.05) is 0 Å². The van der Waals surface area contributed by atoms with Gasteiger partial charge in [-0.05, 0) is 91.1 Å². The number of hydrogen-bond donors (Lipinski definition) is 0. The zero-order valence-corrected chi connectivity index (χ0v) is 18.9. The van der Waals surface area contributed by atoms with Crippen molar-refractivity contribution < 1.29 is 0 Å². The van der Waals surface area contributed by atoms with E-state index in [1.165, 1.54) is 50.2 Å². The minimum atomic E-state index is 0.289. The van der Waals surface area contributed by atoms with Crippen molar-refractivity contribution in [2.75, 3.05) is 3.93 Å². The highest BCUT2D eigenvalue weighted by Gasteiger charge is 2.41. The molecule has 2 aromatic carbocycles. The molecular weight excluding hydrogens is 418 g/mol. The van der Waals surface area contributed by atoms with Gasteiger partial charge in [0.15, 0.2) is 0 Å². The molecule has 0 bridgehead atoms. The summed E-state index contributed by atoms with van der Waals surface area (Å²) >= 11 is 3.91. The molecule has 1 unspecified atom stereocenters. The molecule has 0 aromatic heterocycles. The Hall–Kier alpha value is -2.32. The summed E-state index contributed by atoms with van der Waals surface area (Å²) in [5, 5.41) is 0. The normalized spacial score (nSPS) is 19.9. The van der Waals surface area contributed by atoms with Gasteiger partial charge in [0.05, 0.1) is 27.9 Å². The van der Waals surface area contributed by atoms with Gasteiger partial charge >= 0.3 is 0 Å². The molecule has 5 rings (SSSR count). The summed E-state index contributed by atoms with van der Waals surface area (Å²) in [6.45, 7) is 6.81. The van der Waals surface area contributed by atoms with Crippen molar-refractivity contribution in [3.8, 4) is 0 Å². The molecule has 0 spiro atoms. The molecule has 2 aromatic rings. The number of allylic oxidation sites excluding steroid dienone is 6. The minimum absolute atomic E-state index is 0.289. The van der Waals surface area contributed by atoms with Gasteiger partial charge in [0.1, 0.15) is 0 Å². The third-order valence-electron chi connectivity index (χ3n) is 6.75. The monoisotopic (exact) mass is 443 g/mol. The van der Waals surface area contributed by atoms with E-state index in [1.54, 1.807) is 5.57 Å². The summed E-state index contributed by atoms with van der Waals surface area (Å²) < 4.78 is 2.30. The van der Waals surface area contributed by atoms with Crippen LogP contribution in [0.15, 0.2) is 77.4 Å². The molecule has 1 nitrogen and oxygen atoms in total. The fraction of sp³-hybridized carbons (Fsp3) is 0.259. The van der Waals surface area contributed by atoms with Gasteiger partial charge in [-0.1, -0.05) is 54.1 Å². The van der Waals surface area contributed by atoms with Gasteiger partial charge in [-0.2, -0.15) is 0 Å². The second-order valence-corrected chi connectivity index (χ2v) is 9.19. The van der Waals surface area contributed by atoms with E-state index in [4.69, 9.17) is 0 Å². The van der Waals surface area contributed by atoms with Crippen molar-refractivity contribution in [2.24, 2.45) is 0 Å². The summed E-state index contributed by atoms with van der Waals surface area (Å²) in [6.07, 6.45) is 10.1. The molecule has 2 heteroatoms. The van der Waals surface area contributed by atoms with Gasteiger partial charge in [0, 0.05) is 5.56 Å². The average Bonchev–Trinajstić information content (AvgIpc) is 3.40. The van der Waals surface area contributed by atoms with Crippen LogP contribution in [0.4, 0.5) is 5.69 Å². The van der Waals surface area contributed by atoms with E-state index in [9.17, 15) is 0 Å². The number of aryl methyl sites for hydroxylation is 2. The molecule has 0 N–H and O–H groups in total. The van der Waals surface area contributed by atoms with Crippen molar-refractivity contribution >= 4 is 33.0 Å². The lowest BCUT2D eigenvalue weighted by molar-refractivity contribution is 0.911. The van der Waals surface area contributed by atoms with Crippen molar-refractivity contribution in [1.29, 1.82) is 0 Å². The number of rotatable bonds is 4. The lowest BCUT2D eigenvalue weighted by Gasteiger charge is -2.20. The van der Waals surface area contributed by atoms with Crippen LogP contribution < -0.4 is 3.93 Å². The van der Waals surface area contributed by atoms with Crippen LogP contribution in [0.25, 0.3) is 11.1 Å². The highest BCUT2D eigenvalue weighted by molar-refractivity contribution is 9.10. The van der Waals surface area contributed by atoms with Gasteiger partial charge in [-0.25, -0.2) is 0 Å². The molecule has 0 saturated carbocycles. The Balaban J connectivity index is 1.61. The van der Waals surface area contributed by atoms with Crippen LogP contribution in [0, 0.1) is 6.92 Å². The van der Waals surface area contributed by atoms with Gasteiger partial charge in [-0.15, -0.1) is 0 Å². The molecule has 1 atom stereocenters. The quantitative estimate of drug-likeness (QED) is 0.440. The first-order valence-corrected chi connectivity index (χ1v) is 11.2. The van der Waals surface area contributed by atoms with E-state index in [2.05, 4.69) is 102 Å². The van der Waals surface area contributed by atoms with E-state index in [0.29, 0.717) is 0 Å². The molecule has 0 fully saturated rings. The van der Waals surface area contributed by atoms with E-state index in [-0.39, 0.29) is 6.04 Å². The van der Waals surface area contributed by atoms with Gasteiger partial charge in [-0.3, -0.25) is 3.93 Å². The Morgan fingerprint density at radius 2 is 1.83 bits per heavy atom. The Bertz CT molecular complexity index is 1110. The predicted octanol–water partition coefficient (Wildman–Crippen LogP) is 7.57. The maximum Gasteiger partial charge on any atom is 0.0882 e. The van der Waals surface area contributed by atoms with Gasteiger partial charge in [0.2, 0.25) is 0 Å². The standard InChI is InChI=1S/C27H26BrN/c1-17-15-24-23(16-22(17)14-13-20-9-7-8-10-20)26-25(21-11-5-4-6-12-21)18(2)19(3)27(26)29(24)28/h4-9,11-12,15-16,27H,10,13-14H2,1-3H3. The van der Waals surface area contributed by atoms with Crippen LogP contribution in [-0.4, -0.2) is 6.04 Å². The smallest absolute Gasteiger partial charge is 0.0882 e. The molecule has 0 saturated heterocycles. The largest absolute Gasteiger partial charge is 0.297 e. The van der Waals surface area contributed by atoms with Gasteiger partial charge in [0.25, 0.3) is 0 Å². The summed E-state index contributed by atoms with van der Waals surface area (Å²) in [5.41, 5.74) is 14.1. The molecular formula is C27H26BrN. The maximum absolute atomic E-state index is 3.91. The van der Waals surface area contributed by atoms with Crippen LogP contribution in [-0.2, 0) is 6.42 Å². The maximum atomic E-state index is 3.91. The second-order valence-electron chi connectivity index (χ2n) is 8.43. The predicted molar refractivity (Wildman–Crippen MR) is 128 cm³/mol. The second kappa shape index (κ2) is 7.18. The van der Waals surface area contributed by atoms with E-state index >= 15 is 0 Å². The third-order valence-corrected chi connectivity index (χ3v) is 7.54. The molecule has 2 aliphatic carbocycles. The van der Waals surface area contributed by atoms with Crippen LogP contribution in [0.2, 0.25) is 0 Å². The Morgan fingerprint density at radius 1 is 1.03 bits per heavy atom. The Labute approximate surface area is 182 Å². The third kappa shape index (κ3) is 2.97. The number of nitrogens with zero attached hydrogens (tertiary/aromatic N) is 1. The summed E-state index contributed by atoms with van der Waals surface area (Å²) in [4.78, 5) is 0. The van der Waals surface area contributed by atoms with Crippen LogP contribution in [0.1, 0.15) is 48.9 Å². The summed E-state index contributed by atoms with van der Waals surface area (Å²) in [7, 11) is 0. The highest BCUT2D eigenvalue weighted by atomic mass is 79.9. The number of fused-ring (bicyclic) bond motifs is 3. The molecule has 146 valence electrons. The summed E-state index contributed by atoms with van der Waals surface area (Å²) in [6, 6.07) is 16.0. The Kier molecular flexibility index (Phi) is 4.63. The fourth-order valence-corrected chi connectivity index (χ4v) is 5.82. The van der Waals surface area contributed by atoms with Crippen LogP contribution >= 0.6 is 16.1 Å². The first-order valence-electron chi connectivity index (χ1n) is 10.5. The molecule has 29 heavy (non-hydrogen) atoms. The molecule has 0 amide bonds. The molecule has 1 heterocycles. The fourth-order valence-electron chi connectivity index (χ4n) is 5.01. The van der Waals surface area contributed by atoms with E-state index in [0.717, 1.165) is 19.3 Å². The van der Waals surface area contributed by atoms with Crippen molar-refractivity contribution in [3.05, 3.63) is 99.7 Å². The molecule has 1 aliphatic heterocycles. The first-order chi connectivity index (χ1) is 14.1. The number of benzene rings is 2. The van der Waals surface area contributed by atoms with E-state index < -0.39 is 0 Å². The minimum Gasteiger partial charge on any atom is -0.297 e. The SMILES string of the molecule is CC1=C(C)C2C(=C1c1ccccc1)c1cc(CCC3=CC=CC3)c(C)cc1N2Br. The lowest BCUT2D eigenvalue weighted by atomic mass is 9.91. The molecule has 0 radical (unpaired) electrons. The number of anilines is 1. The zero-order chi connectivity index (χ0) is 20.1. The van der Waals surface area contributed by atoms with Gasteiger partial charge < -0.3 is 0 Å². The van der Waals surface area contributed by atoms with Crippen molar-refractivity contribution in [3.63, 3.8) is 0 Å². The summed E-state index contributed by atoms with van der Waals surface area (Å²) in [5.74, 6) is 0. The number of hydrogen-bond acceptors (Lipinski definition) is 1. The Morgan fingerprint density at radius 3 is 2.55 bits per heavy atom. The molecule has 3 aliphatic rings. The van der Waals surface area contributed by atoms with Crippen molar-refractivity contribution in [1.82, 2.24) is 0 Å². The topological polar surface area (TPSA) is 3.24 Å². The number of halogens is 1. The first kappa shape index (κ1) is 18.7. The highest BCUT2D eigenvalue weighted by Crippen LogP contribution is 2.55. The zero-order valence-electron chi connectivity index (χ0n) is 17.3. The van der Waals surface area contributed by atoms with Crippen LogP contribution in [0.3, 0.4) is 0 Å².